The minimum Gasteiger partial charge on any atom is -0.339 e. The minimum absolute atomic E-state index is 0.0196. The van der Waals surface area contributed by atoms with Gasteiger partial charge in [0.1, 0.15) is 5.82 Å². The Hall–Kier alpha value is -3.54. The molecule has 2 aromatic carbocycles. The number of nitrogens with zero attached hydrogens (tertiary/aromatic N) is 4. The quantitative estimate of drug-likeness (QED) is 0.514. The maximum Gasteiger partial charge on any atom is 0.253 e. The molecular formula is C29H32N4O2. The number of fused-ring (bicyclic) bond motifs is 1. The fraction of sp³-hybridized carbons (Fsp3) is 0.379. The molecule has 0 spiro atoms. The van der Waals surface area contributed by atoms with Gasteiger partial charge in [0.25, 0.3) is 5.91 Å². The van der Waals surface area contributed by atoms with E-state index in [4.69, 9.17) is 4.98 Å². The molecule has 2 aliphatic rings. The summed E-state index contributed by atoms with van der Waals surface area (Å²) in [5.74, 6) is 2.46. The average Bonchev–Trinajstić information content (AvgIpc) is 3.18. The standard InChI is InChI=1S/C29H32N4O2/c1-19(2)24-6-4-5-7-25(24)27-30-17-23-16-26(34)33(28(23)31-27)18-21-8-10-22(11-9-21)29(35)32-14-12-20(3)13-15-32/h4-11,17,19-20H,12-16,18H2,1-3H3. The van der Waals surface area contributed by atoms with E-state index in [1.807, 2.05) is 47.4 Å². The van der Waals surface area contributed by atoms with Crippen LogP contribution in [0.4, 0.5) is 5.82 Å². The number of amides is 2. The molecule has 2 aliphatic heterocycles. The number of hydrogen-bond donors (Lipinski definition) is 0. The van der Waals surface area contributed by atoms with Crippen molar-refractivity contribution >= 4 is 17.6 Å². The minimum atomic E-state index is 0.0196. The first kappa shape index (κ1) is 23.2. The number of benzene rings is 2. The van der Waals surface area contributed by atoms with Gasteiger partial charge in [-0.25, -0.2) is 9.97 Å². The van der Waals surface area contributed by atoms with E-state index in [0.29, 0.717) is 42.0 Å². The van der Waals surface area contributed by atoms with E-state index < -0.39 is 0 Å². The molecule has 3 heterocycles. The molecule has 0 N–H and O–H groups in total. The molecule has 35 heavy (non-hydrogen) atoms. The molecule has 5 rings (SSSR count). The molecule has 0 aliphatic carbocycles. The summed E-state index contributed by atoms with van der Waals surface area (Å²) in [7, 11) is 0. The van der Waals surface area contributed by atoms with Crippen molar-refractivity contribution in [1.29, 1.82) is 0 Å². The van der Waals surface area contributed by atoms with Gasteiger partial charge in [-0.15, -0.1) is 0 Å². The maximum atomic E-state index is 12.9. The second-order valence-corrected chi connectivity index (χ2v) is 10.1. The van der Waals surface area contributed by atoms with Crippen LogP contribution >= 0.6 is 0 Å². The first-order chi connectivity index (χ1) is 16.9. The van der Waals surface area contributed by atoms with Gasteiger partial charge < -0.3 is 4.90 Å². The van der Waals surface area contributed by atoms with E-state index in [1.54, 1.807) is 11.1 Å². The van der Waals surface area contributed by atoms with E-state index in [2.05, 4.69) is 31.8 Å². The van der Waals surface area contributed by atoms with Gasteiger partial charge in [0.05, 0.1) is 13.0 Å². The fourth-order valence-electron chi connectivity index (χ4n) is 4.96. The lowest BCUT2D eigenvalue weighted by molar-refractivity contribution is -0.117. The molecule has 0 atom stereocenters. The van der Waals surface area contributed by atoms with Crippen LogP contribution in [-0.4, -0.2) is 39.8 Å². The maximum absolute atomic E-state index is 12.9. The SMILES string of the molecule is CC1CCN(C(=O)c2ccc(CN3C(=O)Cc4cnc(-c5ccccc5C(C)C)nc43)cc2)CC1. The van der Waals surface area contributed by atoms with Crippen molar-refractivity contribution < 1.29 is 9.59 Å². The number of aromatic nitrogens is 2. The lowest BCUT2D eigenvalue weighted by Crippen LogP contribution is -2.37. The smallest absolute Gasteiger partial charge is 0.253 e. The largest absolute Gasteiger partial charge is 0.339 e. The van der Waals surface area contributed by atoms with Gasteiger partial charge in [-0.05, 0) is 47.9 Å². The Kier molecular flexibility index (Phi) is 6.37. The van der Waals surface area contributed by atoms with Crippen LogP contribution in [-0.2, 0) is 17.8 Å². The molecule has 0 radical (unpaired) electrons. The van der Waals surface area contributed by atoms with Gasteiger partial charge in [0.2, 0.25) is 5.91 Å². The van der Waals surface area contributed by atoms with Crippen LogP contribution in [0.3, 0.4) is 0 Å². The molecule has 6 heteroatoms. The number of piperidine rings is 1. The number of hydrogen-bond acceptors (Lipinski definition) is 4. The summed E-state index contributed by atoms with van der Waals surface area (Å²) in [6, 6.07) is 15.8. The van der Waals surface area contributed by atoms with Crippen molar-refractivity contribution in [2.75, 3.05) is 18.0 Å². The van der Waals surface area contributed by atoms with Gasteiger partial charge in [-0.3, -0.25) is 14.5 Å². The highest BCUT2D eigenvalue weighted by molar-refractivity contribution is 6.00. The van der Waals surface area contributed by atoms with Crippen molar-refractivity contribution in [3.8, 4) is 11.4 Å². The summed E-state index contributed by atoms with van der Waals surface area (Å²) in [6.07, 6.45) is 4.22. The van der Waals surface area contributed by atoms with Crippen LogP contribution in [0, 0.1) is 5.92 Å². The van der Waals surface area contributed by atoms with Gasteiger partial charge in [-0.1, -0.05) is 57.2 Å². The summed E-state index contributed by atoms with van der Waals surface area (Å²) in [5, 5.41) is 0. The summed E-state index contributed by atoms with van der Waals surface area (Å²) in [4.78, 5) is 38.8. The van der Waals surface area contributed by atoms with Crippen LogP contribution in [0.25, 0.3) is 11.4 Å². The summed E-state index contributed by atoms with van der Waals surface area (Å²) in [5.41, 5.74) is 4.71. The first-order valence-electron chi connectivity index (χ1n) is 12.5. The van der Waals surface area contributed by atoms with Crippen molar-refractivity contribution in [1.82, 2.24) is 14.9 Å². The number of anilines is 1. The van der Waals surface area contributed by atoms with Crippen LogP contribution in [0.5, 0.6) is 0 Å². The molecular weight excluding hydrogens is 436 g/mol. The number of likely N-dealkylation sites (tertiary alicyclic amines) is 1. The molecule has 1 aromatic heterocycles. The van der Waals surface area contributed by atoms with E-state index in [9.17, 15) is 9.59 Å². The lowest BCUT2D eigenvalue weighted by atomic mass is 9.97. The molecule has 1 fully saturated rings. The Morgan fingerprint density at radius 1 is 1.06 bits per heavy atom. The summed E-state index contributed by atoms with van der Waals surface area (Å²) >= 11 is 0. The van der Waals surface area contributed by atoms with Gasteiger partial charge >= 0.3 is 0 Å². The van der Waals surface area contributed by atoms with E-state index in [0.717, 1.165) is 42.6 Å². The molecule has 2 amide bonds. The predicted molar refractivity (Wildman–Crippen MR) is 137 cm³/mol. The van der Waals surface area contributed by atoms with E-state index >= 15 is 0 Å². The zero-order chi connectivity index (χ0) is 24.5. The Bertz CT molecular complexity index is 1240. The third-order valence-electron chi connectivity index (χ3n) is 7.18. The average molecular weight is 469 g/mol. The van der Waals surface area contributed by atoms with E-state index in [1.165, 1.54) is 5.56 Å². The highest BCUT2D eigenvalue weighted by Crippen LogP contribution is 2.32. The van der Waals surface area contributed by atoms with Crippen LogP contribution in [0.2, 0.25) is 0 Å². The Balaban J connectivity index is 1.36. The molecule has 6 nitrogen and oxygen atoms in total. The molecule has 0 saturated carbocycles. The Morgan fingerprint density at radius 3 is 2.49 bits per heavy atom. The summed E-state index contributed by atoms with van der Waals surface area (Å²) in [6.45, 7) is 8.62. The summed E-state index contributed by atoms with van der Waals surface area (Å²) < 4.78 is 0. The highest BCUT2D eigenvalue weighted by atomic mass is 16.2. The van der Waals surface area contributed by atoms with Crippen LogP contribution in [0.15, 0.2) is 54.7 Å². The van der Waals surface area contributed by atoms with Crippen molar-refractivity contribution in [2.45, 2.75) is 52.5 Å². The fourth-order valence-corrected chi connectivity index (χ4v) is 4.96. The number of carbonyl (C=O) groups excluding carboxylic acids is 2. The Labute approximate surface area is 207 Å². The topological polar surface area (TPSA) is 66.4 Å². The number of rotatable bonds is 5. The molecule has 0 unspecified atom stereocenters. The van der Waals surface area contributed by atoms with Gasteiger partial charge in [0, 0.05) is 36.0 Å². The molecule has 180 valence electrons. The van der Waals surface area contributed by atoms with E-state index in [-0.39, 0.29) is 11.8 Å². The van der Waals surface area contributed by atoms with Crippen molar-refractivity contribution in [2.24, 2.45) is 5.92 Å². The molecule has 0 bridgehead atoms. The van der Waals surface area contributed by atoms with Crippen molar-refractivity contribution in [3.63, 3.8) is 0 Å². The highest BCUT2D eigenvalue weighted by Gasteiger charge is 2.30. The zero-order valence-corrected chi connectivity index (χ0v) is 20.7. The van der Waals surface area contributed by atoms with Gasteiger partial charge in [-0.2, -0.15) is 0 Å². The Morgan fingerprint density at radius 2 is 1.77 bits per heavy atom. The lowest BCUT2D eigenvalue weighted by Gasteiger charge is -2.30. The van der Waals surface area contributed by atoms with Crippen LogP contribution in [0.1, 0.15) is 66.6 Å². The second kappa shape index (κ2) is 9.61. The zero-order valence-electron chi connectivity index (χ0n) is 20.7. The van der Waals surface area contributed by atoms with Gasteiger partial charge in [0.15, 0.2) is 5.82 Å². The third-order valence-corrected chi connectivity index (χ3v) is 7.18. The monoisotopic (exact) mass is 468 g/mol. The normalized spacial score (nSPS) is 16.2. The second-order valence-electron chi connectivity index (χ2n) is 10.1. The van der Waals surface area contributed by atoms with Crippen molar-refractivity contribution in [3.05, 3.63) is 77.0 Å². The third kappa shape index (κ3) is 4.70. The number of carbonyl (C=O) groups is 2. The predicted octanol–water partition coefficient (Wildman–Crippen LogP) is 5.23. The first-order valence-corrected chi connectivity index (χ1v) is 12.5. The van der Waals surface area contributed by atoms with Crippen LogP contribution < -0.4 is 4.90 Å². The molecule has 3 aromatic rings. The molecule has 1 saturated heterocycles.